The van der Waals surface area contributed by atoms with E-state index in [1.807, 2.05) is 10.9 Å². The van der Waals surface area contributed by atoms with Crippen LogP contribution in [0, 0.1) is 5.41 Å². The Labute approximate surface area is 114 Å². The number of fused-ring (bicyclic) bond motifs is 1. The molecule has 5 nitrogen and oxygen atoms in total. The molecule has 5 heteroatoms. The summed E-state index contributed by atoms with van der Waals surface area (Å²) >= 11 is 0. The Morgan fingerprint density at radius 2 is 2.26 bits per heavy atom. The number of aliphatic hydroxyl groups is 2. The topological polar surface area (TPSA) is 70.3 Å². The van der Waals surface area contributed by atoms with Crippen LogP contribution in [-0.2, 0) is 13.0 Å². The zero-order chi connectivity index (χ0) is 13.9. The molecule has 0 spiro atoms. The van der Waals surface area contributed by atoms with E-state index in [1.54, 1.807) is 0 Å². The van der Waals surface area contributed by atoms with Crippen LogP contribution in [0.1, 0.15) is 44.0 Å². The van der Waals surface area contributed by atoms with E-state index >= 15 is 0 Å². The van der Waals surface area contributed by atoms with Crippen LogP contribution in [0.4, 0.5) is 0 Å². The van der Waals surface area contributed by atoms with Crippen LogP contribution in [0.5, 0.6) is 0 Å². The molecule has 0 fully saturated rings. The van der Waals surface area contributed by atoms with Crippen LogP contribution >= 0.6 is 0 Å². The molecule has 0 aromatic carbocycles. The van der Waals surface area contributed by atoms with Gasteiger partial charge in [-0.05, 0) is 19.3 Å². The number of hydrogen-bond acceptors (Lipinski definition) is 4. The molecule has 1 heterocycles. The Balaban J connectivity index is 2.06. The second-order valence-electron chi connectivity index (χ2n) is 6.14. The Morgan fingerprint density at radius 1 is 1.47 bits per heavy atom. The van der Waals surface area contributed by atoms with Crippen LogP contribution in [0.25, 0.3) is 0 Å². The van der Waals surface area contributed by atoms with Crippen molar-refractivity contribution in [2.24, 2.45) is 5.41 Å². The van der Waals surface area contributed by atoms with Gasteiger partial charge in [-0.2, -0.15) is 5.10 Å². The standard InChI is InChI=1S/C14H25N3O2/c1-14(2,10-19)9-15-12-4-3-5-13-11(12)8-16-17(13)6-7-18/h8,12,15,18-19H,3-7,9-10H2,1-2H3. The highest BCUT2D eigenvalue weighted by atomic mass is 16.3. The maximum atomic E-state index is 9.31. The van der Waals surface area contributed by atoms with Gasteiger partial charge >= 0.3 is 0 Å². The summed E-state index contributed by atoms with van der Waals surface area (Å²) in [5.41, 5.74) is 2.41. The predicted octanol–water partition coefficient (Wildman–Crippen LogP) is 0.861. The van der Waals surface area contributed by atoms with Crippen LogP contribution in [-0.4, -0.2) is 39.8 Å². The van der Waals surface area contributed by atoms with Crippen LogP contribution in [0.3, 0.4) is 0 Å². The average molecular weight is 267 g/mol. The monoisotopic (exact) mass is 267 g/mol. The zero-order valence-corrected chi connectivity index (χ0v) is 11.9. The van der Waals surface area contributed by atoms with E-state index in [0.717, 1.165) is 25.8 Å². The molecule has 0 bridgehead atoms. The minimum Gasteiger partial charge on any atom is -0.396 e. The zero-order valence-electron chi connectivity index (χ0n) is 11.9. The molecule has 3 N–H and O–H groups in total. The van der Waals surface area contributed by atoms with Gasteiger partial charge in [0.2, 0.25) is 0 Å². The lowest BCUT2D eigenvalue weighted by molar-refractivity contribution is 0.151. The van der Waals surface area contributed by atoms with Crippen molar-refractivity contribution in [2.75, 3.05) is 19.8 Å². The second-order valence-corrected chi connectivity index (χ2v) is 6.14. The van der Waals surface area contributed by atoms with E-state index in [1.165, 1.54) is 11.3 Å². The maximum Gasteiger partial charge on any atom is 0.0644 e. The van der Waals surface area contributed by atoms with Gasteiger partial charge in [0.15, 0.2) is 0 Å². The Hall–Kier alpha value is -0.910. The van der Waals surface area contributed by atoms with Gasteiger partial charge in [0, 0.05) is 35.9 Å². The van der Waals surface area contributed by atoms with E-state index in [4.69, 9.17) is 5.11 Å². The molecule has 1 aromatic heterocycles. The summed E-state index contributed by atoms with van der Waals surface area (Å²) in [4.78, 5) is 0. The Kier molecular flexibility index (Phi) is 4.60. The smallest absolute Gasteiger partial charge is 0.0644 e. The minimum absolute atomic E-state index is 0.0985. The molecule has 0 saturated heterocycles. The van der Waals surface area contributed by atoms with Crippen molar-refractivity contribution in [2.45, 2.75) is 45.7 Å². The molecule has 19 heavy (non-hydrogen) atoms. The predicted molar refractivity (Wildman–Crippen MR) is 73.9 cm³/mol. The SMILES string of the molecule is CC(C)(CO)CNC1CCCc2c1cnn2CCO. The lowest BCUT2D eigenvalue weighted by Crippen LogP contribution is -2.36. The van der Waals surface area contributed by atoms with Crippen LogP contribution in [0.15, 0.2) is 6.20 Å². The number of aromatic nitrogens is 2. The first-order chi connectivity index (χ1) is 9.07. The van der Waals surface area contributed by atoms with E-state index < -0.39 is 0 Å². The van der Waals surface area contributed by atoms with Crippen molar-refractivity contribution in [3.05, 3.63) is 17.5 Å². The van der Waals surface area contributed by atoms with Gasteiger partial charge in [0.05, 0.1) is 19.3 Å². The molecule has 1 aromatic rings. The fraction of sp³-hybridized carbons (Fsp3) is 0.786. The summed E-state index contributed by atoms with van der Waals surface area (Å²) in [6.07, 6.45) is 5.21. The molecule has 0 aliphatic heterocycles. The van der Waals surface area contributed by atoms with E-state index in [9.17, 15) is 5.11 Å². The highest BCUT2D eigenvalue weighted by molar-refractivity contribution is 5.25. The highest BCUT2D eigenvalue weighted by Crippen LogP contribution is 2.30. The fourth-order valence-electron chi connectivity index (χ4n) is 2.57. The summed E-state index contributed by atoms with van der Waals surface area (Å²) in [5.74, 6) is 0. The van der Waals surface area contributed by atoms with Crippen molar-refractivity contribution >= 4 is 0 Å². The van der Waals surface area contributed by atoms with Crippen molar-refractivity contribution in [1.82, 2.24) is 15.1 Å². The third-order valence-electron chi connectivity index (χ3n) is 3.83. The largest absolute Gasteiger partial charge is 0.396 e. The van der Waals surface area contributed by atoms with E-state index in [2.05, 4.69) is 24.3 Å². The van der Waals surface area contributed by atoms with Crippen LogP contribution < -0.4 is 5.32 Å². The lowest BCUT2D eigenvalue weighted by Gasteiger charge is -2.29. The van der Waals surface area contributed by atoms with Gasteiger partial charge in [0.25, 0.3) is 0 Å². The molecule has 0 radical (unpaired) electrons. The van der Waals surface area contributed by atoms with Gasteiger partial charge in [-0.25, -0.2) is 0 Å². The summed E-state index contributed by atoms with van der Waals surface area (Å²) < 4.78 is 1.92. The first-order valence-corrected chi connectivity index (χ1v) is 7.07. The van der Waals surface area contributed by atoms with Crippen molar-refractivity contribution in [1.29, 1.82) is 0 Å². The van der Waals surface area contributed by atoms with E-state index in [0.29, 0.717) is 12.6 Å². The molecule has 0 saturated carbocycles. The highest BCUT2D eigenvalue weighted by Gasteiger charge is 2.26. The van der Waals surface area contributed by atoms with Gasteiger partial charge < -0.3 is 15.5 Å². The van der Waals surface area contributed by atoms with Crippen LogP contribution in [0.2, 0.25) is 0 Å². The van der Waals surface area contributed by atoms with Crippen molar-refractivity contribution in [3.63, 3.8) is 0 Å². The first kappa shape index (κ1) is 14.5. The fourth-order valence-corrected chi connectivity index (χ4v) is 2.57. The van der Waals surface area contributed by atoms with Gasteiger partial charge in [0.1, 0.15) is 0 Å². The normalized spacial score (nSPS) is 19.5. The molecule has 1 aliphatic carbocycles. The molecular weight excluding hydrogens is 242 g/mol. The first-order valence-electron chi connectivity index (χ1n) is 7.07. The van der Waals surface area contributed by atoms with Crippen molar-refractivity contribution < 1.29 is 10.2 Å². The van der Waals surface area contributed by atoms with Gasteiger partial charge in [-0.1, -0.05) is 13.8 Å². The molecular formula is C14H25N3O2. The lowest BCUT2D eigenvalue weighted by atomic mass is 9.90. The third-order valence-corrected chi connectivity index (χ3v) is 3.83. The number of nitrogens with zero attached hydrogens (tertiary/aromatic N) is 2. The number of rotatable bonds is 6. The molecule has 1 unspecified atom stereocenters. The summed E-state index contributed by atoms with van der Waals surface area (Å²) in [6.45, 7) is 5.79. The number of aliphatic hydroxyl groups excluding tert-OH is 2. The molecule has 1 atom stereocenters. The Bertz CT molecular complexity index is 415. The maximum absolute atomic E-state index is 9.31. The van der Waals surface area contributed by atoms with E-state index in [-0.39, 0.29) is 18.6 Å². The quantitative estimate of drug-likeness (QED) is 0.715. The number of hydrogen-bond donors (Lipinski definition) is 3. The third kappa shape index (κ3) is 3.35. The van der Waals surface area contributed by atoms with Gasteiger partial charge in [-0.15, -0.1) is 0 Å². The number of nitrogens with one attached hydrogen (secondary N) is 1. The molecule has 108 valence electrons. The molecule has 0 amide bonds. The molecule has 1 aliphatic rings. The summed E-state index contributed by atoms with van der Waals surface area (Å²) in [6, 6.07) is 0.321. The minimum atomic E-state index is -0.0985. The van der Waals surface area contributed by atoms with Gasteiger partial charge in [-0.3, -0.25) is 4.68 Å². The summed E-state index contributed by atoms with van der Waals surface area (Å²) in [5, 5.41) is 26.3. The average Bonchev–Trinajstić information content (AvgIpc) is 2.81. The Morgan fingerprint density at radius 3 is 2.95 bits per heavy atom. The summed E-state index contributed by atoms with van der Waals surface area (Å²) in [7, 11) is 0. The second kappa shape index (κ2) is 6.03. The van der Waals surface area contributed by atoms with Crippen molar-refractivity contribution in [3.8, 4) is 0 Å². The molecule has 2 rings (SSSR count).